The zero-order chi connectivity index (χ0) is 59.9. The minimum absolute atomic E-state index is 0.00436. The number of amides is 1. The maximum atomic E-state index is 14.1. The van der Waals surface area contributed by atoms with E-state index in [2.05, 4.69) is 81.2 Å². The number of nitrogens with two attached hydrogens (primary N) is 1. The number of anilines is 2. The highest BCUT2D eigenvalue weighted by atomic mass is 16.5. The lowest BCUT2D eigenvalue weighted by atomic mass is 9.67. The van der Waals surface area contributed by atoms with Crippen LogP contribution in [-0.4, -0.2) is 120 Å². The van der Waals surface area contributed by atoms with Crippen LogP contribution in [0.3, 0.4) is 0 Å². The lowest BCUT2D eigenvalue weighted by molar-refractivity contribution is -0.146. The first-order valence-electron chi connectivity index (χ1n) is 27.6. The zero-order valence-electron chi connectivity index (χ0n) is 50.4. The Balaban J connectivity index is 0.000000310. The topological polar surface area (TPSA) is 195 Å². The number of aryl methyl sites for hydroxylation is 2. The standard InChI is InChI=1S/C33H44N2O5.C27H39NO5.C6H7NO/c1-23(2)33(26-10-16-30(39-6)31(22-26)40-7,32(37)34-27-11-13-28(36)14-12-27)18-8-19-35(4)20-17-25-9-15-29(38-5)24(3)21-25;1-19(2)27(26(29)30,22-10-12-24(32-6)25(18-22)33-7)14-8-15-28(4)16-13-21-9-11-23(31-5)20(3)17-21;7-5-1-3-6(8)4-2-5/h9-16,21-23,36H,8,17-20H2,1-7H3,(H,34,37);9-12,17-19H,8,13-16H2,1-7H3,(H,29,30);1-4,8H,7H2. The molecule has 0 bridgehead atoms. The second kappa shape index (κ2) is 32.0. The summed E-state index contributed by atoms with van der Waals surface area (Å²) in [6.45, 7) is 15.7. The number of aromatic hydroxyl groups is 2. The van der Waals surface area contributed by atoms with Crippen LogP contribution in [0.2, 0.25) is 0 Å². The number of phenols is 2. The van der Waals surface area contributed by atoms with E-state index in [0.29, 0.717) is 47.2 Å². The van der Waals surface area contributed by atoms with Gasteiger partial charge < -0.3 is 64.6 Å². The number of likely N-dealkylation sites (N-methyl/N-ethyl adjacent to an activating group) is 2. The zero-order valence-corrected chi connectivity index (χ0v) is 50.4. The predicted molar refractivity (Wildman–Crippen MR) is 325 cm³/mol. The van der Waals surface area contributed by atoms with Crippen molar-refractivity contribution in [2.45, 2.75) is 90.9 Å². The van der Waals surface area contributed by atoms with E-state index in [1.54, 1.807) is 97.3 Å². The van der Waals surface area contributed by atoms with Crippen molar-refractivity contribution in [1.29, 1.82) is 0 Å². The molecule has 0 aliphatic rings. The number of hydrogen-bond donors (Lipinski definition) is 5. The maximum Gasteiger partial charge on any atom is 0.314 e. The highest BCUT2D eigenvalue weighted by molar-refractivity contribution is 5.99. The van der Waals surface area contributed by atoms with Crippen molar-refractivity contribution in [3.8, 4) is 46.0 Å². The summed E-state index contributed by atoms with van der Waals surface area (Å²) >= 11 is 0. The fourth-order valence-corrected chi connectivity index (χ4v) is 10.3. The molecular weight excluding hydrogens is 1020 g/mol. The summed E-state index contributed by atoms with van der Waals surface area (Å²) in [5.74, 6) is 3.59. The lowest BCUT2D eigenvalue weighted by Gasteiger charge is -2.37. The van der Waals surface area contributed by atoms with Gasteiger partial charge in [0.1, 0.15) is 23.0 Å². The highest BCUT2D eigenvalue weighted by Crippen LogP contribution is 2.43. The fourth-order valence-electron chi connectivity index (χ4n) is 10.3. The average molecular weight is 1120 g/mol. The molecule has 15 heteroatoms. The summed E-state index contributed by atoms with van der Waals surface area (Å²) in [5, 5.41) is 31.8. The number of carbonyl (C=O) groups is 2. The fraction of sp³-hybridized carbons (Fsp3) is 0.424. The molecule has 0 saturated carbocycles. The normalized spacial score (nSPS) is 12.5. The number of carbonyl (C=O) groups excluding carboxylic acids is 1. The van der Waals surface area contributed by atoms with E-state index in [4.69, 9.17) is 39.3 Å². The molecular formula is C66H90N4O11. The molecule has 6 rings (SSSR count). The Bertz CT molecular complexity index is 2870. The largest absolute Gasteiger partial charge is 0.508 e. The molecule has 15 nitrogen and oxygen atoms in total. The van der Waals surface area contributed by atoms with Crippen LogP contribution in [-0.2, 0) is 33.3 Å². The SMILES string of the molecule is COc1ccc(CCN(C)CCCC(C(=O)Nc2ccc(O)cc2)(c2ccc(OC)c(OC)c2)C(C)C)cc1C.COc1ccc(CCN(C)CCCC(C(=O)O)(c2ccc(OC)c(OC)c2)C(C)C)cc1C.Nc1ccc(O)cc1. The van der Waals surface area contributed by atoms with Crippen molar-refractivity contribution in [2.75, 3.05) is 94.0 Å². The van der Waals surface area contributed by atoms with Crippen molar-refractivity contribution in [1.82, 2.24) is 9.80 Å². The lowest BCUT2D eigenvalue weighted by Crippen LogP contribution is -2.45. The van der Waals surface area contributed by atoms with Crippen LogP contribution in [0.15, 0.2) is 121 Å². The van der Waals surface area contributed by atoms with Gasteiger partial charge in [-0.25, -0.2) is 0 Å². The first kappa shape index (κ1) is 65.9. The molecule has 2 atom stereocenters. The summed E-state index contributed by atoms with van der Waals surface area (Å²) in [5.41, 5.74) is 11.3. The van der Waals surface area contributed by atoms with Gasteiger partial charge in [-0.15, -0.1) is 0 Å². The Hall–Kier alpha value is -7.62. The van der Waals surface area contributed by atoms with Crippen molar-refractivity contribution in [2.24, 2.45) is 11.8 Å². The third-order valence-corrected chi connectivity index (χ3v) is 15.3. The van der Waals surface area contributed by atoms with Gasteiger partial charge in [0.15, 0.2) is 23.0 Å². The van der Waals surface area contributed by atoms with Crippen molar-refractivity contribution in [3.05, 3.63) is 155 Å². The number of ether oxygens (including phenoxy) is 6. The van der Waals surface area contributed by atoms with Gasteiger partial charge in [-0.2, -0.15) is 0 Å². The number of methoxy groups -OCH3 is 6. The molecule has 6 aromatic rings. The number of benzene rings is 6. The summed E-state index contributed by atoms with van der Waals surface area (Å²) in [6, 6.07) is 36.8. The average Bonchev–Trinajstić information content (AvgIpc) is 3.47. The molecule has 440 valence electrons. The van der Waals surface area contributed by atoms with Gasteiger partial charge in [0.2, 0.25) is 5.91 Å². The van der Waals surface area contributed by atoms with Crippen LogP contribution in [0, 0.1) is 25.7 Å². The number of nitrogens with one attached hydrogen (secondary N) is 1. The minimum Gasteiger partial charge on any atom is -0.508 e. The Morgan fingerprint density at radius 3 is 1.23 bits per heavy atom. The number of hydrogen-bond acceptors (Lipinski definition) is 13. The van der Waals surface area contributed by atoms with Gasteiger partial charge in [-0.3, -0.25) is 9.59 Å². The summed E-state index contributed by atoms with van der Waals surface area (Å²) in [7, 11) is 14.0. The van der Waals surface area contributed by atoms with Crippen LogP contribution in [0.1, 0.15) is 86.8 Å². The third-order valence-electron chi connectivity index (χ3n) is 15.3. The molecule has 81 heavy (non-hydrogen) atoms. The van der Waals surface area contributed by atoms with Crippen LogP contribution in [0.25, 0.3) is 0 Å². The Labute approximate surface area is 481 Å². The van der Waals surface area contributed by atoms with Crippen molar-refractivity contribution < 1.29 is 53.3 Å². The Morgan fingerprint density at radius 1 is 0.506 bits per heavy atom. The van der Waals surface area contributed by atoms with Gasteiger partial charge >= 0.3 is 5.97 Å². The number of nitrogen functional groups attached to an aromatic ring is 1. The number of aliphatic carboxylic acids is 1. The van der Waals surface area contributed by atoms with E-state index in [1.807, 2.05) is 56.3 Å². The molecule has 6 aromatic carbocycles. The van der Waals surface area contributed by atoms with Crippen LogP contribution >= 0.6 is 0 Å². The molecule has 0 fully saturated rings. The molecule has 0 aliphatic heterocycles. The smallest absolute Gasteiger partial charge is 0.314 e. The summed E-state index contributed by atoms with van der Waals surface area (Å²) in [6.07, 6.45) is 4.67. The number of carboxylic acid groups (broad SMARTS) is 1. The highest BCUT2D eigenvalue weighted by Gasteiger charge is 2.45. The second-order valence-corrected chi connectivity index (χ2v) is 21.2. The van der Waals surface area contributed by atoms with Gasteiger partial charge in [-0.1, -0.05) is 64.1 Å². The molecule has 0 spiro atoms. The molecule has 0 radical (unpaired) electrons. The van der Waals surface area contributed by atoms with Crippen LogP contribution in [0.5, 0.6) is 46.0 Å². The van der Waals surface area contributed by atoms with E-state index < -0.39 is 16.8 Å². The molecule has 0 aliphatic carbocycles. The van der Waals surface area contributed by atoms with Gasteiger partial charge in [-0.05, 0) is 210 Å². The first-order chi connectivity index (χ1) is 38.6. The minimum atomic E-state index is -0.993. The Morgan fingerprint density at radius 2 is 0.877 bits per heavy atom. The molecule has 2 unspecified atom stereocenters. The maximum absolute atomic E-state index is 14.1. The van der Waals surface area contributed by atoms with Crippen LogP contribution in [0.4, 0.5) is 11.4 Å². The van der Waals surface area contributed by atoms with Gasteiger partial charge in [0.05, 0.1) is 53.5 Å². The van der Waals surface area contributed by atoms with Gasteiger partial charge in [0.25, 0.3) is 0 Å². The van der Waals surface area contributed by atoms with E-state index in [1.165, 1.54) is 11.1 Å². The van der Waals surface area contributed by atoms with E-state index in [9.17, 15) is 19.8 Å². The van der Waals surface area contributed by atoms with Crippen LogP contribution < -0.4 is 39.5 Å². The second-order valence-electron chi connectivity index (χ2n) is 21.2. The predicted octanol–water partition coefficient (Wildman–Crippen LogP) is 12.1. The van der Waals surface area contributed by atoms with Crippen molar-refractivity contribution >= 4 is 23.3 Å². The number of carboxylic acids is 1. The number of nitrogens with zero attached hydrogens (tertiary/aromatic N) is 2. The van der Waals surface area contributed by atoms with E-state index in [0.717, 1.165) is 85.6 Å². The van der Waals surface area contributed by atoms with Gasteiger partial charge in [0, 0.05) is 24.5 Å². The molecule has 0 aromatic heterocycles. The Kier molecular flexibility index (Phi) is 26.0. The van der Waals surface area contributed by atoms with E-state index in [-0.39, 0.29) is 29.2 Å². The summed E-state index contributed by atoms with van der Waals surface area (Å²) in [4.78, 5) is 31.3. The molecule has 0 heterocycles. The molecule has 6 N–H and O–H groups in total. The summed E-state index contributed by atoms with van der Waals surface area (Å²) < 4.78 is 32.6. The van der Waals surface area contributed by atoms with E-state index >= 15 is 0 Å². The third kappa shape index (κ3) is 18.2. The monoisotopic (exact) mass is 1110 g/mol. The number of rotatable bonds is 27. The molecule has 1 amide bonds. The first-order valence-corrected chi connectivity index (χ1v) is 27.6. The van der Waals surface area contributed by atoms with Crippen molar-refractivity contribution in [3.63, 3.8) is 0 Å². The molecule has 0 saturated heterocycles. The number of phenolic OH excluding ortho intramolecular Hbond substituents is 2. The quantitative estimate of drug-likeness (QED) is 0.0241.